The number of hydrogen-bond donors (Lipinski definition) is 1. The van der Waals surface area contributed by atoms with Gasteiger partial charge < -0.3 is 15.3 Å². The van der Waals surface area contributed by atoms with Gasteiger partial charge in [-0.3, -0.25) is 0 Å². The molecule has 0 bridgehead atoms. The fourth-order valence-corrected chi connectivity index (χ4v) is 0.674. The third kappa shape index (κ3) is 0.669. The van der Waals surface area contributed by atoms with Crippen LogP contribution < -0.4 is 5.64 Å². The lowest BCUT2D eigenvalue weighted by Gasteiger charge is -2.16. The lowest BCUT2D eigenvalue weighted by molar-refractivity contribution is 0.642. The molecule has 0 atom stereocenters. The van der Waals surface area contributed by atoms with Gasteiger partial charge in [0.15, 0.2) is 0 Å². The predicted molar refractivity (Wildman–Crippen MR) is 34.6 cm³/mol. The van der Waals surface area contributed by atoms with Crippen molar-refractivity contribution >= 4 is 7.12 Å². The monoisotopic (exact) mass is 111 g/mol. The summed E-state index contributed by atoms with van der Waals surface area (Å²) in [5.41, 5.74) is 5.61. The summed E-state index contributed by atoms with van der Waals surface area (Å²) in [6, 6.07) is 0. The summed E-state index contributed by atoms with van der Waals surface area (Å²) < 4.78 is 0. The number of hydrogen-bond acceptors (Lipinski definition) is 3. The summed E-state index contributed by atoms with van der Waals surface area (Å²) >= 11 is 0. The molecule has 0 aromatic heterocycles. The SMILES string of the molecule is CN1C=CN(C)B1N. The van der Waals surface area contributed by atoms with Crippen LogP contribution in [0.3, 0.4) is 0 Å². The third-order valence-electron chi connectivity index (χ3n) is 1.37. The highest BCUT2D eigenvalue weighted by molar-refractivity contribution is 6.50. The Morgan fingerprint density at radius 1 is 1.25 bits per heavy atom. The molecule has 0 fully saturated rings. The summed E-state index contributed by atoms with van der Waals surface area (Å²) in [6.45, 7) is 0. The van der Waals surface area contributed by atoms with Crippen LogP contribution in [0.4, 0.5) is 0 Å². The van der Waals surface area contributed by atoms with E-state index in [2.05, 4.69) is 0 Å². The molecule has 0 radical (unpaired) electrons. The van der Waals surface area contributed by atoms with Gasteiger partial charge in [0.05, 0.1) is 0 Å². The van der Waals surface area contributed by atoms with Crippen molar-refractivity contribution in [2.45, 2.75) is 0 Å². The molecule has 0 aliphatic carbocycles. The molecule has 3 nitrogen and oxygen atoms in total. The number of nitrogens with two attached hydrogens (primary N) is 1. The Morgan fingerprint density at radius 3 is 1.75 bits per heavy atom. The molecule has 0 saturated carbocycles. The molecular weight excluding hydrogens is 101 g/mol. The van der Waals surface area contributed by atoms with Gasteiger partial charge in [-0.1, -0.05) is 0 Å². The molecule has 1 aliphatic rings. The van der Waals surface area contributed by atoms with E-state index in [9.17, 15) is 0 Å². The normalized spacial score (nSPS) is 18.6. The molecule has 1 heterocycles. The Kier molecular flexibility index (Phi) is 1.17. The molecule has 0 spiro atoms. The summed E-state index contributed by atoms with van der Waals surface area (Å²) in [5.74, 6) is 0. The van der Waals surface area contributed by atoms with Crippen LogP contribution in [0.1, 0.15) is 0 Å². The van der Waals surface area contributed by atoms with Gasteiger partial charge in [-0.2, -0.15) is 0 Å². The van der Waals surface area contributed by atoms with E-state index in [1.807, 2.05) is 36.1 Å². The fraction of sp³-hybridized carbons (Fsp3) is 0.500. The maximum atomic E-state index is 5.61. The van der Waals surface area contributed by atoms with E-state index in [0.29, 0.717) is 0 Å². The molecule has 0 aromatic rings. The predicted octanol–water partition coefficient (Wildman–Crippen LogP) is -0.722. The maximum absolute atomic E-state index is 5.61. The number of nitrogens with zero attached hydrogens (tertiary/aromatic N) is 2. The van der Waals surface area contributed by atoms with Crippen molar-refractivity contribution in [1.82, 2.24) is 9.62 Å². The minimum Gasteiger partial charge on any atom is -0.390 e. The van der Waals surface area contributed by atoms with Crippen LogP contribution >= 0.6 is 0 Å². The largest absolute Gasteiger partial charge is 0.463 e. The van der Waals surface area contributed by atoms with E-state index in [-0.39, 0.29) is 7.12 Å². The van der Waals surface area contributed by atoms with E-state index in [0.717, 1.165) is 0 Å². The van der Waals surface area contributed by atoms with Crippen molar-refractivity contribution in [1.29, 1.82) is 0 Å². The van der Waals surface area contributed by atoms with Gasteiger partial charge in [0, 0.05) is 12.4 Å². The fourth-order valence-electron chi connectivity index (χ4n) is 0.674. The zero-order valence-corrected chi connectivity index (χ0v) is 5.20. The lowest BCUT2D eigenvalue weighted by Crippen LogP contribution is -2.48. The maximum Gasteiger partial charge on any atom is 0.463 e. The summed E-state index contributed by atoms with van der Waals surface area (Å²) in [4.78, 5) is 3.89. The van der Waals surface area contributed by atoms with Crippen LogP contribution in [-0.4, -0.2) is 30.8 Å². The van der Waals surface area contributed by atoms with Crippen molar-refractivity contribution in [3.8, 4) is 0 Å². The number of rotatable bonds is 0. The first-order valence-electron chi connectivity index (χ1n) is 2.59. The Hall–Kier alpha value is -0.635. The molecule has 1 rings (SSSR count). The second kappa shape index (κ2) is 1.71. The average molecular weight is 111 g/mol. The van der Waals surface area contributed by atoms with Crippen LogP contribution in [0, 0.1) is 0 Å². The van der Waals surface area contributed by atoms with Crippen LogP contribution in [0.25, 0.3) is 0 Å². The topological polar surface area (TPSA) is 32.5 Å². The van der Waals surface area contributed by atoms with Crippen molar-refractivity contribution in [3.63, 3.8) is 0 Å². The van der Waals surface area contributed by atoms with Crippen LogP contribution in [0.15, 0.2) is 12.4 Å². The van der Waals surface area contributed by atoms with Gasteiger partial charge in [0.25, 0.3) is 0 Å². The highest BCUT2D eigenvalue weighted by Gasteiger charge is 2.21. The highest BCUT2D eigenvalue weighted by Crippen LogP contribution is 2.00. The van der Waals surface area contributed by atoms with Gasteiger partial charge in [-0.05, 0) is 14.1 Å². The standard InChI is InChI=1S/C4H10BN3/c1-7-3-4-8(2)5(7)6/h3-4H,6H2,1-2H3. The Balaban J connectivity index is 2.55. The minimum absolute atomic E-state index is 0.0370. The molecule has 2 N–H and O–H groups in total. The summed E-state index contributed by atoms with van der Waals surface area (Å²) in [6.07, 6.45) is 3.90. The second-order valence-electron chi connectivity index (χ2n) is 2.04. The van der Waals surface area contributed by atoms with E-state index in [1.165, 1.54) is 0 Å². The van der Waals surface area contributed by atoms with E-state index < -0.39 is 0 Å². The van der Waals surface area contributed by atoms with Gasteiger partial charge in [-0.15, -0.1) is 0 Å². The molecule has 4 heteroatoms. The second-order valence-corrected chi connectivity index (χ2v) is 2.04. The highest BCUT2D eigenvalue weighted by atomic mass is 15.3. The first kappa shape index (κ1) is 5.50. The first-order valence-corrected chi connectivity index (χ1v) is 2.59. The molecule has 1 aliphatic heterocycles. The molecule has 0 amide bonds. The Labute approximate surface area is 49.9 Å². The quantitative estimate of drug-likeness (QED) is 0.418. The van der Waals surface area contributed by atoms with Crippen molar-refractivity contribution in [3.05, 3.63) is 12.4 Å². The van der Waals surface area contributed by atoms with Crippen LogP contribution in [0.2, 0.25) is 0 Å². The van der Waals surface area contributed by atoms with E-state index >= 15 is 0 Å². The van der Waals surface area contributed by atoms with Crippen molar-refractivity contribution < 1.29 is 0 Å². The zero-order chi connectivity index (χ0) is 6.15. The van der Waals surface area contributed by atoms with Crippen molar-refractivity contribution in [2.24, 2.45) is 5.64 Å². The molecule has 44 valence electrons. The first-order chi connectivity index (χ1) is 3.72. The van der Waals surface area contributed by atoms with Crippen LogP contribution in [-0.2, 0) is 0 Å². The van der Waals surface area contributed by atoms with Gasteiger partial charge >= 0.3 is 7.12 Å². The summed E-state index contributed by atoms with van der Waals surface area (Å²) in [5, 5.41) is 0. The third-order valence-corrected chi connectivity index (χ3v) is 1.37. The van der Waals surface area contributed by atoms with Gasteiger partial charge in [0.2, 0.25) is 0 Å². The van der Waals surface area contributed by atoms with Crippen LogP contribution in [0.5, 0.6) is 0 Å². The molecular formula is C4H10BN3. The Bertz CT molecular complexity index is 102. The average Bonchev–Trinajstić information content (AvgIpc) is 1.98. The smallest absolute Gasteiger partial charge is 0.390 e. The molecule has 8 heavy (non-hydrogen) atoms. The minimum atomic E-state index is 0.0370. The molecule has 0 aromatic carbocycles. The van der Waals surface area contributed by atoms with E-state index in [1.54, 1.807) is 0 Å². The van der Waals surface area contributed by atoms with Gasteiger partial charge in [-0.25, -0.2) is 0 Å². The van der Waals surface area contributed by atoms with E-state index in [4.69, 9.17) is 5.64 Å². The molecule has 0 saturated heterocycles. The van der Waals surface area contributed by atoms with Crippen molar-refractivity contribution in [2.75, 3.05) is 14.1 Å². The summed E-state index contributed by atoms with van der Waals surface area (Å²) in [7, 11) is 3.94. The zero-order valence-electron chi connectivity index (χ0n) is 5.20. The Morgan fingerprint density at radius 2 is 1.62 bits per heavy atom. The van der Waals surface area contributed by atoms with Gasteiger partial charge in [0.1, 0.15) is 0 Å². The molecule has 0 unspecified atom stereocenters. The lowest BCUT2D eigenvalue weighted by atomic mass is 9.95.